The normalized spacial score (nSPS) is 19.3. The van der Waals surface area contributed by atoms with Crippen molar-refractivity contribution >= 4 is 30.3 Å². The van der Waals surface area contributed by atoms with Gasteiger partial charge in [0.15, 0.2) is 0 Å². The molecule has 2 N–H and O–H groups in total. The van der Waals surface area contributed by atoms with Crippen LogP contribution in [0.1, 0.15) is 27.7 Å². The van der Waals surface area contributed by atoms with Crippen LogP contribution in [-0.4, -0.2) is 40.0 Å². The lowest BCUT2D eigenvalue weighted by atomic mass is 9.85. The minimum Gasteiger partial charge on any atom is -0.497 e. The molecule has 1 aliphatic heterocycles. The summed E-state index contributed by atoms with van der Waals surface area (Å²) < 4.78 is 12.4. The van der Waals surface area contributed by atoms with Gasteiger partial charge in [-0.05, 0) is 39.7 Å². The van der Waals surface area contributed by atoms with E-state index in [1.807, 2.05) is 41.3 Å². The quantitative estimate of drug-likeness (QED) is 0.385. The van der Waals surface area contributed by atoms with E-state index in [9.17, 15) is 4.79 Å². The van der Waals surface area contributed by atoms with E-state index in [0.717, 1.165) is 11.4 Å². The molecule has 1 amide bonds. The van der Waals surface area contributed by atoms with Crippen molar-refractivity contribution in [3.8, 4) is 5.75 Å². The highest BCUT2D eigenvalue weighted by Gasteiger charge is 2.52. The lowest BCUT2D eigenvalue weighted by Crippen LogP contribution is -2.72. The lowest BCUT2D eigenvalue weighted by molar-refractivity contribution is -0.127. The van der Waals surface area contributed by atoms with Crippen molar-refractivity contribution in [3.63, 3.8) is 0 Å². The van der Waals surface area contributed by atoms with Crippen molar-refractivity contribution in [2.24, 2.45) is 11.7 Å². The molecule has 6 heteroatoms. The Morgan fingerprint density at radius 2 is 1.43 bits per heavy atom. The topological polar surface area (TPSA) is 64.8 Å². The fourth-order valence-corrected chi connectivity index (χ4v) is 9.97. The molecule has 0 unspecified atom stereocenters. The van der Waals surface area contributed by atoms with Crippen molar-refractivity contribution in [3.05, 3.63) is 84.9 Å². The smallest absolute Gasteiger partial charge is 0.261 e. The number of hydrogen-bond donors (Lipinski definition) is 1. The van der Waals surface area contributed by atoms with Gasteiger partial charge in [-0.3, -0.25) is 4.79 Å². The van der Waals surface area contributed by atoms with Gasteiger partial charge in [-0.25, -0.2) is 0 Å². The molecule has 1 heterocycles. The molecule has 35 heavy (non-hydrogen) atoms. The molecule has 184 valence electrons. The minimum atomic E-state index is -2.66. The van der Waals surface area contributed by atoms with Gasteiger partial charge in [0.25, 0.3) is 8.32 Å². The Kier molecular flexibility index (Phi) is 7.17. The molecule has 5 nitrogen and oxygen atoms in total. The predicted molar refractivity (Wildman–Crippen MR) is 145 cm³/mol. The molecule has 1 fully saturated rings. The Morgan fingerprint density at radius 3 is 1.89 bits per heavy atom. The van der Waals surface area contributed by atoms with Gasteiger partial charge >= 0.3 is 0 Å². The molecule has 0 saturated carbocycles. The molecule has 0 bridgehead atoms. The average Bonchev–Trinajstić information content (AvgIpc) is 2.87. The third kappa shape index (κ3) is 4.54. The minimum absolute atomic E-state index is 0.0476. The van der Waals surface area contributed by atoms with Crippen LogP contribution < -0.4 is 25.7 Å². The summed E-state index contributed by atoms with van der Waals surface area (Å²) in [5.74, 6) is 0.745. The van der Waals surface area contributed by atoms with Gasteiger partial charge in [0.05, 0.1) is 13.2 Å². The number of hydrogen-bond acceptors (Lipinski definition) is 4. The molecule has 0 spiro atoms. The Bertz CT molecular complexity index is 1090. The largest absolute Gasteiger partial charge is 0.497 e. The fourth-order valence-electron chi connectivity index (χ4n) is 5.30. The van der Waals surface area contributed by atoms with E-state index in [1.54, 1.807) is 7.11 Å². The number of β-lactam (4-membered cyclic amide) rings is 1. The average molecular weight is 489 g/mol. The van der Waals surface area contributed by atoms with Crippen LogP contribution in [0.4, 0.5) is 5.69 Å². The summed E-state index contributed by atoms with van der Waals surface area (Å²) in [5, 5.41) is 2.38. The molecule has 3 atom stereocenters. The first-order chi connectivity index (χ1) is 16.7. The van der Waals surface area contributed by atoms with E-state index in [4.69, 9.17) is 14.9 Å². The fraction of sp³-hybridized carbons (Fsp3) is 0.345. The Hall–Kier alpha value is -2.93. The number of methoxy groups -OCH3 is 1. The number of carbonyl (C=O) groups is 1. The van der Waals surface area contributed by atoms with Crippen molar-refractivity contribution in [1.82, 2.24) is 0 Å². The summed E-state index contributed by atoms with van der Waals surface area (Å²) in [5.41, 5.74) is 7.17. The second kappa shape index (κ2) is 9.97. The number of rotatable bonds is 8. The summed E-state index contributed by atoms with van der Waals surface area (Å²) in [7, 11) is -1.03. The van der Waals surface area contributed by atoms with Gasteiger partial charge in [-0.15, -0.1) is 0 Å². The number of nitrogens with zero attached hydrogens (tertiary/aromatic N) is 1. The maximum absolute atomic E-state index is 12.8. The zero-order chi connectivity index (χ0) is 25.2. The summed E-state index contributed by atoms with van der Waals surface area (Å²) in [6.45, 7) is 9.45. The van der Waals surface area contributed by atoms with Crippen LogP contribution in [0.15, 0.2) is 84.9 Å². The Morgan fingerprint density at radius 1 is 0.914 bits per heavy atom. The zero-order valence-corrected chi connectivity index (χ0v) is 22.3. The first-order valence-corrected chi connectivity index (χ1v) is 14.1. The Balaban J connectivity index is 1.65. The van der Waals surface area contributed by atoms with E-state index >= 15 is 0 Å². The number of ether oxygens (including phenoxy) is 1. The van der Waals surface area contributed by atoms with Crippen molar-refractivity contribution in [1.29, 1.82) is 0 Å². The summed E-state index contributed by atoms with van der Waals surface area (Å²) in [6, 6.07) is 28.1. The second-order valence-corrected chi connectivity index (χ2v) is 14.7. The molecular formula is C29H36N2O3Si. The molecular weight excluding hydrogens is 452 g/mol. The van der Waals surface area contributed by atoms with Crippen molar-refractivity contribution in [2.75, 3.05) is 18.6 Å². The van der Waals surface area contributed by atoms with Gasteiger partial charge in [-0.1, -0.05) is 88.4 Å². The third-order valence-electron chi connectivity index (χ3n) is 7.10. The zero-order valence-electron chi connectivity index (χ0n) is 21.3. The molecule has 0 aliphatic carbocycles. The molecule has 1 saturated heterocycles. The number of nitrogens with two attached hydrogens (primary N) is 1. The number of amides is 1. The SMILES string of the molecule is COc1ccc(N2C(=O)[C@@H](N)[C@H]2[C@H](C)CO[Si](c2ccccc2)(c2ccccc2)C(C)(C)C)cc1. The summed E-state index contributed by atoms with van der Waals surface area (Å²) >= 11 is 0. The number of benzene rings is 3. The van der Waals surface area contributed by atoms with Gasteiger partial charge in [0.2, 0.25) is 5.91 Å². The Labute approximate surface area is 210 Å². The van der Waals surface area contributed by atoms with E-state index in [0.29, 0.717) is 6.61 Å². The molecule has 0 aromatic heterocycles. The maximum Gasteiger partial charge on any atom is 0.261 e. The standard InChI is InChI=1S/C29H36N2O3Si/c1-21(27-26(30)28(32)31(27)22-16-18-23(33-5)19-17-22)20-34-35(29(2,3)4,24-12-8-6-9-13-24)25-14-10-7-11-15-25/h6-19,21,26-27H,20,30H2,1-5H3/t21-,26+,27-/m1/s1. The van der Waals surface area contributed by atoms with E-state index in [1.165, 1.54) is 10.4 Å². The van der Waals surface area contributed by atoms with E-state index < -0.39 is 14.4 Å². The number of anilines is 1. The lowest BCUT2D eigenvalue weighted by Gasteiger charge is -2.50. The maximum atomic E-state index is 12.8. The first-order valence-electron chi connectivity index (χ1n) is 12.2. The molecule has 3 aromatic rings. The predicted octanol–water partition coefficient (Wildman–Crippen LogP) is 3.95. The monoisotopic (exact) mass is 488 g/mol. The highest BCUT2D eigenvalue weighted by Crippen LogP contribution is 2.38. The molecule has 0 radical (unpaired) electrons. The molecule has 1 aliphatic rings. The number of carbonyl (C=O) groups excluding carboxylic acids is 1. The van der Waals surface area contributed by atoms with Crippen LogP contribution in [0.3, 0.4) is 0 Å². The third-order valence-corrected chi connectivity index (χ3v) is 12.1. The highest BCUT2D eigenvalue weighted by atomic mass is 28.4. The van der Waals surface area contributed by atoms with E-state index in [-0.39, 0.29) is 22.9 Å². The van der Waals surface area contributed by atoms with Crippen molar-refractivity contribution < 1.29 is 14.0 Å². The van der Waals surface area contributed by atoms with Crippen LogP contribution in [0.5, 0.6) is 5.75 Å². The molecule has 3 aromatic carbocycles. The first kappa shape index (κ1) is 25.2. The van der Waals surface area contributed by atoms with Crippen LogP contribution in [0, 0.1) is 5.92 Å². The highest BCUT2D eigenvalue weighted by molar-refractivity contribution is 6.99. The van der Waals surface area contributed by atoms with Gasteiger partial charge in [0.1, 0.15) is 11.8 Å². The summed E-state index contributed by atoms with van der Waals surface area (Å²) in [6.07, 6.45) is 0. The van der Waals surface area contributed by atoms with Gasteiger partial charge in [0, 0.05) is 18.2 Å². The van der Waals surface area contributed by atoms with Crippen LogP contribution in [0.2, 0.25) is 5.04 Å². The van der Waals surface area contributed by atoms with Crippen LogP contribution >= 0.6 is 0 Å². The molecule has 4 rings (SSSR count). The summed E-state index contributed by atoms with van der Waals surface area (Å²) in [4.78, 5) is 14.6. The van der Waals surface area contributed by atoms with E-state index in [2.05, 4.69) is 76.2 Å². The van der Waals surface area contributed by atoms with Gasteiger partial charge < -0.3 is 19.8 Å². The van der Waals surface area contributed by atoms with Crippen LogP contribution in [0.25, 0.3) is 0 Å². The van der Waals surface area contributed by atoms with Crippen molar-refractivity contribution in [2.45, 2.75) is 44.8 Å². The van der Waals surface area contributed by atoms with Gasteiger partial charge in [-0.2, -0.15) is 0 Å². The second-order valence-electron chi connectivity index (χ2n) is 10.4. The van der Waals surface area contributed by atoms with Crippen LogP contribution in [-0.2, 0) is 9.22 Å².